The van der Waals surface area contributed by atoms with Crippen molar-refractivity contribution in [1.82, 2.24) is 9.21 Å². The van der Waals surface area contributed by atoms with Crippen LogP contribution in [0, 0.1) is 6.92 Å². The van der Waals surface area contributed by atoms with Gasteiger partial charge in [-0.1, -0.05) is 12.1 Å². The number of piperazine rings is 1. The molecule has 0 spiro atoms. The predicted octanol–water partition coefficient (Wildman–Crippen LogP) is 2.34. The zero-order valence-electron chi connectivity index (χ0n) is 15.9. The van der Waals surface area contributed by atoms with E-state index in [0.717, 1.165) is 30.4 Å². The van der Waals surface area contributed by atoms with E-state index >= 15 is 0 Å². The molecule has 2 aliphatic rings. The normalized spacial score (nSPS) is 17.5. The third-order valence-electron chi connectivity index (χ3n) is 5.62. The van der Waals surface area contributed by atoms with Crippen LogP contribution in [-0.2, 0) is 22.9 Å². The average molecular weight is 401 g/mol. The molecule has 1 N–H and O–H groups in total. The van der Waals surface area contributed by atoms with Gasteiger partial charge in [-0.05, 0) is 67.1 Å². The predicted molar refractivity (Wildman–Crippen MR) is 106 cm³/mol. The number of aromatic hydroxyl groups is 1. The summed E-state index contributed by atoms with van der Waals surface area (Å²) in [7, 11) is -3.57. The molecule has 2 aromatic carbocycles. The van der Waals surface area contributed by atoms with E-state index in [1.807, 2.05) is 13.0 Å². The fraction of sp³-hybridized carbons (Fsp3) is 0.381. The number of amides is 1. The maximum atomic E-state index is 13.0. The molecule has 1 saturated heterocycles. The van der Waals surface area contributed by atoms with Crippen LogP contribution in [-0.4, -0.2) is 54.8 Å². The van der Waals surface area contributed by atoms with Gasteiger partial charge in [-0.25, -0.2) is 8.42 Å². The van der Waals surface area contributed by atoms with Crippen molar-refractivity contribution in [2.45, 2.75) is 31.1 Å². The van der Waals surface area contributed by atoms with E-state index in [2.05, 4.69) is 0 Å². The standard InChI is InChI=1S/C21H24N2O4S/c1-15-5-8-19(20(24)13-15)21(25)22-9-11-23(12-10-22)28(26,27)18-7-6-16-3-2-4-17(16)14-18/h5-8,13-14,24H,2-4,9-12H2,1H3. The van der Waals surface area contributed by atoms with Crippen LogP contribution in [0.4, 0.5) is 0 Å². The van der Waals surface area contributed by atoms with E-state index in [0.29, 0.717) is 18.0 Å². The number of rotatable bonds is 3. The van der Waals surface area contributed by atoms with E-state index in [1.165, 1.54) is 9.87 Å². The first-order valence-corrected chi connectivity index (χ1v) is 11.0. The first-order valence-electron chi connectivity index (χ1n) is 9.57. The van der Waals surface area contributed by atoms with Crippen molar-refractivity contribution in [2.24, 2.45) is 0 Å². The van der Waals surface area contributed by atoms with Gasteiger partial charge in [0.15, 0.2) is 0 Å². The van der Waals surface area contributed by atoms with Crippen molar-refractivity contribution in [1.29, 1.82) is 0 Å². The van der Waals surface area contributed by atoms with Crippen molar-refractivity contribution in [3.05, 3.63) is 58.7 Å². The summed E-state index contributed by atoms with van der Waals surface area (Å²) in [5, 5.41) is 10.0. The molecule has 7 heteroatoms. The number of carbonyl (C=O) groups is 1. The molecule has 2 aromatic rings. The van der Waals surface area contributed by atoms with Crippen molar-refractivity contribution in [3.63, 3.8) is 0 Å². The lowest BCUT2D eigenvalue weighted by Crippen LogP contribution is -2.50. The number of sulfonamides is 1. The SMILES string of the molecule is Cc1ccc(C(=O)N2CCN(S(=O)(=O)c3ccc4c(c3)CCC4)CC2)c(O)c1. The Kier molecular flexibility index (Phi) is 4.89. The van der Waals surface area contributed by atoms with Crippen molar-refractivity contribution < 1.29 is 18.3 Å². The van der Waals surface area contributed by atoms with E-state index in [-0.39, 0.29) is 30.3 Å². The Morgan fingerprint density at radius 3 is 2.39 bits per heavy atom. The molecular weight excluding hydrogens is 376 g/mol. The second kappa shape index (κ2) is 7.22. The summed E-state index contributed by atoms with van der Waals surface area (Å²) in [5.41, 5.74) is 3.50. The fourth-order valence-electron chi connectivity index (χ4n) is 3.98. The first kappa shape index (κ1) is 19.0. The molecule has 0 atom stereocenters. The molecule has 1 amide bonds. The average Bonchev–Trinajstić information content (AvgIpc) is 3.15. The Morgan fingerprint density at radius 1 is 0.964 bits per heavy atom. The molecule has 6 nitrogen and oxygen atoms in total. The lowest BCUT2D eigenvalue weighted by Gasteiger charge is -2.34. The second-order valence-corrected chi connectivity index (χ2v) is 9.44. The minimum Gasteiger partial charge on any atom is -0.507 e. The summed E-state index contributed by atoms with van der Waals surface area (Å²) in [4.78, 5) is 14.6. The van der Waals surface area contributed by atoms with Gasteiger partial charge in [0.2, 0.25) is 10.0 Å². The summed E-state index contributed by atoms with van der Waals surface area (Å²) < 4.78 is 27.5. The monoisotopic (exact) mass is 400 g/mol. The highest BCUT2D eigenvalue weighted by Gasteiger charge is 2.31. The van der Waals surface area contributed by atoms with Crippen LogP contribution in [0.15, 0.2) is 41.3 Å². The van der Waals surface area contributed by atoms with Crippen LogP contribution < -0.4 is 0 Å². The summed E-state index contributed by atoms with van der Waals surface area (Å²) in [6, 6.07) is 10.4. The van der Waals surface area contributed by atoms with Gasteiger partial charge in [-0.2, -0.15) is 4.31 Å². The molecule has 0 radical (unpaired) electrons. The maximum Gasteiger partial charge on any atom is 0.257 e. The summed E-state index contributed by atoms with van der Waals surface area (Å²) >= 11 is 0. The minimum absolute atomic E-state index is 0.0433. The smallest absolute Gasteiger partial charge is 0.257 e. The molecule has 1 fully saturated rings. The van der Waals surface area contributed by atoms with Crippen LogP contribution in [0.25, 0.3) is 0 Å². The Hall–Kier alpha value is -2.38. The molecule has 0 bridgehead atoms. The Morgan fingerprint density at radius 2 is 1.68 bits per heavy atom. The highest BCUT2D eigenvalue weighted by molar-refractivity contribution is 7.89. The molecule has 0 saturated carbocycles. The number of aryl methyl sites for hydroxylation is 3. The molecule has 4 rings (SSSR count). The third kappa shape index (κ3) is 3.40. The van der Waals surface area contributed by atoms with Crippen LogP contribution in [0.1, 0.15) is 33.5 Å². The molecule has 28 heavy (non-hydrogen) atoms. The lowest BCUT2D eigenvalue weighted by molar-refractivity contribution is 0.0695. The topological polar surface area (TPSA) is 77.9 Å². The number of nitrogens with zero attached hydrogens (tertiary/aromatic N) is 2. The minimum atomic E-state index is -3.57. The van der Waals surface area contributed by atoms with Gasteiger partial charge < -0.3 is 10.0 Å². The van der Waals surface area contributed by atoms with Crippen LogP contribution in [0.5, 0.6) is 5.75 Å². The number of hydrogen-bond acceptors (Lipinski definition) is 4. The van der Waals surface area contributed by atoms with E-state index in [9.17, 15) is 18.3 Å². The number of phenolic OH excluding ortho intramolecular Hbond substituents is 1. The molecule has 0 aromatic heterocycles. The van der Waals surface area contributed by atoms with Gasteiger partial charge in [-0.3, -0.25) is 4.79 Å². The van der Waals surface area contributed by atoms with E-state index in [1.54, 1.807) is 35.2 Å². The highest BCUT2D eigenvalue weighted by atomic mass is 32.2. The van der Waals surface area contributed by atoms with Crippen LogP contribution in [0.3, 0.4) is 0 Å². The van der Waals surface area contributed by atoms with Crippen LogP contribution in [0.2, 0.25) is 0 Å². The number of carbonyl (C=O) groups excluding carboxylic acids is 1. The quantitative estimate of drug-likeness (QED) is 0.858. The van der Waals surface area contributed by atoms with Crippen molar-refractivity contribution in [2.75, 3.05) is 26.2 Å². The van der Waals surface area contributed by atoms with Gasteiger partial charge in [-0.15, -0.1) is 0 Å². The lowest BCUT2D eigenvalue weighted by atomic mass is 10.1. The van der Waals surface area contributed by atoms with E-state index in [4.69, 9.17) is 0 Å². The molecule has 1 heterocycles. The number of fused-ring (bicyclic) bond motifs is 1. The zero-order chi connectivity index (χ0) is 19.9. The van der Waals surface area contributed by atoms with Gasteiger partial charge in [0.05, 0.1) is 10.5 Å². The largest absolute Gasteiger partial charge is 0.507 e. The van der Waals surface area contributed by atoms with Gasteiger partial charge in [0.1, 0.15) is 5.75 Å². The molecule has 148 valence electrons. The van der Waals surface area contributed by atoms with Gasteiger partial charge in [0, 0.05) is 26.2 Å². The van der Waals surface area contributed by atoms with Gasteiger partial charge >= 0.3 is 0 Å². The number of benzene rings is 2. The number of phenols is 1. The fourth-order valence-corrected chi connectivity index (χ4v) is 5.46. The highest BCUT2D eigenvalue weighted by Crippen LogP contribution is 2.27. The van der Waals surface area contributed by atoms with Crippen molar-refractivity contribution in [3.8, 4) is 5.75 Å². The first-order chi connectivity index (χ1) is 13.4. The summed E-state index contributed by atoms with van der Waals surface area (Å²) in [6.07, 6.45) is 3.02. The third-order valence-corrected chi connectivity index (χ3v) is 7.51. The zero-order valence-corrected chi connectivity index (χ0v) is 16.7. The van der Waals surface area contributed by atoms with E-state index < -0.39 is 10.0 Å². The Bertz CT molecular complexity index is 1020. The van der Waals surface area contributed by atoms with Crippen molar-refractivity contribution >= 4 is 15.9 Å². The summed E-state index contributed by atoms with van der Waals surface area (Å²) in [5.74, 6) is -0.315. The molecular formula is C21H24N2O4S. The maximum absolute atomic E-state index is 13.0. The summed E-state index contributed by atoms with van der Waals surface area (Å²) in [6.45, 7) is 2.94. The molecule has 1 aliphatic carbocycles. The molecule has 1 aliphatic heterocycles. The Balaban J connectivity index is 1.47. The number of hydrogen-bond donors (Lipinski definition) is 1. The van der Waals surface area contributed by atoms with Crippen LogP contribution >= 0.6 is 0 Å². The Labute approximate surface area is 165 Å². The van der Waals surface area contributed by atoms with Gasteiger partial charge in [0.25, 0.3) is 5.91 Å². The second-order valence-electron chi connectivity index (χ2n) is 7.50. The molecule has 0 unspecified atom stereocenters.